The van der Waals surface area contributed by atoms with E-state index < -0.39 is 6.04 Å². The number of carbonyl (C=O) groups is 2. The number of carbonyl (C=O) groups excluding carboxylic acids is 2. The van der Waals surface area contributed by atoms with Crippen molar-refractivity contribution in [3.8, 4) is 0 Å². The molecule has 1 fully saturated rings. The fourth-order valence-electron chi connectivity index (χ4n) is 2.27. The van der Waals surface area contributed by atoms with Crippen LogP contribution in [0.1, 0.15) is 29.4 Å². The molecule has 1 aliphatic heterocycles. The van der Waals surface area contributed by atoms with Crippen molar-refractivity contribution >= 4 is 23.2 Å². The molecule has 1 unspecified atom stereocenters. The SMILES string of the molecule is Cc1nc(CN2C(=O)CNC(=O)C2C(C)C)sc1C. The highest BCUT2D eigenvalue weighted by Gasteiger charge is 2.36. The van der Waals surface area contributed by atoms with Crippen LogP contribution in [-0.4, -0.2) is 34.3 Å². The van der Waals surface area contributed by atoms with Crippen LogP contribution in [0.25, 0.3) is 0 Å². The van der Waals surface area contributed by atoms with Crippen LogP contribution in [-0.2, 0) is 16.1 Å². The van der Waals surface area contributed by atoms with Gasteiger partial charge in [0, 0.05) is 4.88 Å². The molecular weight excluding hydrogens is 262 g/mol. The summed E-state index contributed by atoms with van der Waals surface area (Å²) in [5, 5.41) is 3.54. The van der Waals surface area contributed by atoms with Crippen molar-refractivity contribution in [2.24, 2.45) is 5.92 Å². The summed E-state index contributed by atoms with van der Waals surface area (Å²) in [6.07, 6.45) is 0. The van der Waals surface area contributed by atoms with Crippen LogP contribution < -0.4 is 5.32 Å². The first kappa shape index (κ1) is 14.0. The number of amides is 2. The van der Waals surface area contributed by atoms with Gasteiger partial charge in [0.25, 0.3) is 0 Å². The summed E-state index contributed by atoms with van der Waals surface area (Å²) >= 11 is 1.59. The number of piperazine rings is 1. The first-order chi connectivity index (χ1) is 8.90. The molecule has 0 radical (unpaired) electrons. The summed E-state index contributed by atoms with van der Waals surface area (Å²) in [5.74, 6) is -0.0187. The summed E-state index contributed by atoms with van der Waals surface area (Å²) < 4.78 is 0. The van der Waals surface area contributed by atoms with Gasteiger partial charge in [0.1, 0.15) is 11.0 Å². The highest BCUT2D eigenvalue weighted by molar-refractivity contribution is 7.11. The lowest BCUT2D eigenvalue weighted by Crippen LogP contribution is -2.59. The van der Waals surface area contributed by atoms with Crippen LogP contribution in [0.15, 0.2) is 0 Å². The van der Waals surface area contributed by atoms with Gasteiger partial charge in [0.15, 0.2) is 0 Å². The molecule has 6 heteroatoms. The lowest BCUT2D eigenvalue weighted by molar-refractivity contribution is -0.148. The second-order valence-electron chi connectivity index (χ2n) is 5.18. The van der Waals surface area contributed by atoms with E-state index in [0.29, 0.717) is 6.54 Å². The third kappa shape index (κ3) is 2.78. The number of rotatable bonds is 3. The molecule has 1 atom stereocenters. The van der Waals surface area contributed by atoms with Gasteiger partial charge in [-0.1, -0.05) is 13.8 Å². The Morgan fingerprint density at radius 1 is 1.42 bits per heavy atom. The molecule has 0 saturated carbocycles. The Labute approximate surface area is 117 Å². The molecule has 1 N–H and O–H groups in total. The van der Waals surface area contributed by atoms with Crippen molar-refractivity contribution in [2.75, 3.05) is 6.54 Å². The maximum Gasteiger partial charge on any atom is 0.243 e. The predicted molar refractivity (Wildman–Crippen MR) is 73.8 cm³/mol. The van der Waals surface area contributed by atoms with E-state index in [0.717, 1.165) is 15.6 Å². The van der Waals surface area contributed by atoms with Crippen LogP contribution in [0.3, 0.4) is 0 Å². The van der Waals surface area contributed by atoms with E-state index in [1.54, 1.807) is 16.2 Å². The standard InChI is InChI=1S/C13H19N3O2S/c1-7(2)12-13(18)14-5-11(17)16(12)6-10-15-8(3)9(4)19-10/h7,12H,5-6H2,1-4H3,(H,14,18). The average Bonchev–Trinajstić information content (AvgIpc) is 2.63. The Morgan fingerprint density at radius 2 is 2.11 bits per heavy atom. The van der Waals surface area contributed by atoms with Crippen LogP contribution >= 0.6 is 11.3 Å². The van der Waals surface area contributed by atoms with Gasteiger partial charge in [0.05, 0.1) is 18.8 Å². The maximum absolute atomic E-state index is 12.0. The molecule has 0 aliphatic carbocycles. The smallest absolute Gasteiger partial charge is 0.243 e. The topological polar surface area (TPSA) is 62.3 Å². The van der Waals surface area contributed by atoms with Crippen molar-refractivity contribution in [3.05, 3.63) is 15.6 Å². The molecular formula is C13H19N3O2S. The molecule has 0 bridgehead atoms. The third-order valence-corrected chi connectivity index (χ3v) is 4.41. The molecule has 19 heavy (non-hydrogen) atoms. The number of nitrogens with zero attached hydrogens (tertiary/aromatic N) is 2. The van der Waals surface area contributed by atoms with Gasteiger partial charge in [-0.2, -0.15) is 0 Å². The Morgan fingerprint density at radius 3 is 2.63 bits per heavy atom. The summed E-state index contributed by atoms with van der Waals surface area (Å²) in [6, 6.07) is -0.397. The van der Waals surface area contributed by atoms with E-state index in [-0.39, 0.29) is 24.3 Å². The zero-order valence-electron chi connectivity index (χ0n) is 11.7. The number of aryl methyl sites for hydroxylation is 2. The van der Waals surface area contributed by atoms with Gasteiger partial charge in [-0.25, -0.2) is 4.98 Å². The molecule has 104 valence electrons. The molecule has 2 heterocycles. The van der Waals surface area contributed by atoms with E-state index in [9.17, 15) is 9.59 Å². The van der Waals surface area contributed by atoms with Gasteiger partial charge in [-0.3, -0.25) is 9.59 Å². The second kappa shape index (κ2) is 5.28. The highest BCUT2D eigenvalue weighted by Crippen LogP contribution is 2.22. The van der Waals surface area contributed by atoms with Gasteiger partial charge in [-0.05, 0) is 19.8 Å². The maximum atomic E-state index is 12.0. The quantitative estimate of drug-likeness (QED) is 0.907. The molecule has 2 amide bonds. The van der Waals surface area contributed by atoms with Gasteiger partial charge >= 0.3 is 0 Å². The van der Waals surface area contributed by atoms with E-state index in [1.165, 1.54) is 0 Å². The summed E-state index contributed by atoms with van der Waals surface area (Å²) in [4.78, 5) is 31.2. The van der Waals surface area contributed by atoms with E-state index in [1.807, 2.05) is 27.7 Å². The predicted octanol–water partition coefficient (Wildman–Crippen LogP) is 1.24. The highest BCUT2D eigenvalue weighted by atomic mass is 32.1. The Kier molecular flexibility index (Phi) is 3.89. The van der Waals surface area contributed by atoms with Gasteiger partial charge < -0.3 is 10.2 Å². The summed E-state index contributed by atoms with van der Waals surface area (Å²) in [7, 11) is 0. The van der Waals surface area contributed by atoms with E-state index in [4.69, 9.17) is 0 Å². The van der Waals surface area contributed by atoms with E-state index >= 15 is 0 Å². The number of thiazole rings is 1. The largest absolute Gasteiger partial charge is 0.345 e. The Hall–Kier alpha value is -1.43. The van der Waals surface area contributed by atoms with E-state index in [2.05, 4.69) is 10.3 Å². The zero-order valence-corrected chi connectivity index (χ0v) is 12.5. The first-order valence-corrected chi connectivity index (χ1v) is 7.22. The normalized spacial score (nSPS) is 20.1. The minimum Gasteiger partial charge on any atom is -0.345 e. The van der Waals surface area contributed by atoms with Crippen LogP contribution in [0.2, 0.25) is 0 Å². The molecule has 1 aliphatic rings. The minimum atomic E-state index is -0.397. The lowest BCUT2D eigenvalue weighted by Gasteiger charge is -2.36. The average molecular weight is 281 g/mol. The second-order valence-corrected chi connectivity index (χ2v) is 6.47. The monoisotopic (exact) mass is 281 g/mol. The summed E-state index contributed by atoms with van der Waals surface area (Å²) in [6.45, 7) is 8.39. The Bertz CT molecular complexity index is 490. The van der Waals surface area contributed by atoms with Crippen molar-refractivity contribution in [1.82, 2.24) is 15.2 Å². The first-order valence-electron chi connectivity index (χ1n) is 6.40. The number of nitrogens with one attached hydrogen (secondary N) is 1. The molecule has 5 nitrogen and oxygen atoms in total. The minimum absolute atomic E-state index is 0.0381. The van der Waals surface area contributed by atoms with Crippen molar-refractivity contribution < 1.29 is 9.59 Å². The van der Waals surface area contributed by atoms with Crippen molar-refractivity contribution in [3.63, 3.8) is 0 Å². The van der Waals surface area contributed by atoms with Crippen LogP contribution in [0.4, 0.5) is 0 Å². The van der Waals surface area contributed by atoms with Crippen molar-refractivity contribution in [2.45, 2.75) is 40.3 Å². The Balaban J connectivity index is 2.23. The van der Waals surface area contributed by atoms with Crippen LogP contribution in [0.5, 0.6) is 0 Å². The van der Waals surface area contributed by atoms with Crippen molar-refractivity contribution in [1.29, 1.82) is 0 Å². The molecule has 0 aromatic carbocycles. The molecule has 0 spiro atoms. The number of hydrogen-bond acceptors (Lipinski definition) is 4. The zero-order chi connectivity index (χ0) is 14.2. The van der Waals surface area contributed by atoms with Crippen LogP contribution in [0, 0.1) is 19.8 Å². The van der Waals surface area contributed by atoms with Gasteiger partial charge in [0.2, 0.25) is 11.8 Å². The van der Waals surface area contributed by atoms with Gasteiger partial charge in [-0.15, -0.1) is 11.3 Å². The fraction of sp³-hybridized carbons (Fsp3) is 0.615. The number of hydrogen-bond donors (Lipinski definition) is 1. The molecule has 1 saturated heterocycles. The lowest BCUT2D eigenvalue weighted by atomic mass is 9.99. The molecule has 1 aromatic heterocycles. The summed E-state index contributed by atoms with van der Waals surface area (Å²) in [5.41, 5.74) is 0.995. The fourth-order valence-corrected chi connectivity index (χ4v) is 3.20. The number of aromatic nitrogens is 1. The molecule has 2 rings (SSSR count). The molecule has 1 aromatic rings. The third-order valence-electron chi connectivity index (χ3n) is 3.35.